The van der Waals surface area contributed by atoms with Crippen LogP contribution in [0.1, 0.15) is 46.5 Å². The first-order valence-electron chi connectivity index (χ1n) is 8.26. The number of ether oxygens (including phenoxy) is 1. The molecule has 0 radical (unpaired) electrons. The van der Waals surface area contributed by atoms with Crippen LogP contribution < -0.4 is 0 Å². The lowest BCUT2D eigenvalue weighted by atomic mass is 10.0. The molecule has 23 heavy (non-hydrogen) atoms. The molecule has 1 aromatic rings. The summed E-state index contributed by atoms with van der Waals surface area (Å²) in [5, 5.41) is 1.34. The molecule has 3 atom stereocenters. The summed E-state index contributed by atoms with van der Waals surface area (Å²) >= 11 is 8.13. The van der Waals surface area contributed by atoms with Crippen molar-refractivity contribution in [2.75, 3.05) is 0 Å². The Morgan fingerprint density at radius 3 is 2.39 bits per heavy atom. The van der Waals surface area contributed by atoms with Crippen molar-refractivity contribution in [3.8, 4) is 0 Å². The Morgan fingerprint density at radius 1 is 1.22 bits per heavy atom. The van der Waals surface area contributed by atoms with Crippen molar-refractivity contribution in [3.63, 3.8) is 0 Å². The van der Waals surface area contributed by atoms with Gasteiger partial charge in [0.1, 0.15) is 5.60 Å². The van der Waals surface area contributed by atoms with Gasteiger partial charge in [-0.25, -0.2) is 4.79 Å². The highest BCUT2D eigenvalue weighted by Gasteiger charge is 2.45. The Morgan fingerprint density at radius 2 is 1.83 bits per heavy atom. The van der Waals surface area contributed by atoms with Gasteiger partial charge in [-0.3, -0.25) is 0 Å². The Hall–Kier alpha value is -0.870. The van der Waals surface area contributed by atoms with E-state index in [2.05, 4.69) is 6.07 Å². The van der Waals surface area contributed by atoms with Crippen molar-refractivity contribution < 1.29 is 9.53 Å². The molecular formula is C18H24ClNO2S. The average Bonchev–Trinajstić information content (AvgIpc) is 2.72. The predicted molar refractivity (Wildman–Crippen MR) is 95.2 cm³/mol. The molecule has 5 heteroatoms. The van der Waals surface area contributed by atoms with E-state index in [1.165, 1.54) is 0 Å². The number of carbonyl (C=O) groups is 1. The van der Waals surface area contributed by atoms with E-state index in [1.54, 1.807) is 0 Å². The molecule has 2 bridgehead atoms. The molecule has 2 aliphatic heterocycles. The Balaban J connectivity index is 1.65. The zero-order valence-corrected chi connectivity index (χ0v) is 15.5. The van der Waals surface area contributed by atoms with Crippen LogP contribution in [-0.2, 0) is 4.74 Å². The summed E-state index contributed by atoms with van der Waals surface area (Å²) in [7, 11) is 0. The van der Waals surface area contributed by atoms with Gasteiger partial charge in [0.15, 0.2) is 0 Å². The molecule has 0 N–H and O–H groups in total. The molecule has 1 amide bonds. The highest BCUT2D eigenvalue weighted by atomic mass is 35.5. The minimum absolute atomic E-state index is 0.147. The number of benzene rings is 1. The molecule has 126 valence electrons. The predicted octanol–water partition coefficient (Wildman–Crippen LogP) is 5.36. The largest absolute Gasteiger partial charge is 0.444 e. The fraction of sp³-hybridized carbons (Fsp3) is 0.611. The summed E-state index contributed by atoms with van der Waals surface area (Å²) in [5.41, 5.74) is -0.431. The van der Waals surface area contributed by atoms with E-state index in [1.807, 2.05) is 55.6 Å². The number of hydrogen-bond donors (Lipinski definition) is 0. The van der Waals surface area contributed by atoms with Crippen LogP contribution in [0.15, 0.2) is 29.2 Å². The maximum absolute atomic E-state index is 12.5. The number of fused-ring (bicyclic) bond motifs is 2. The van der Waals surface area contributed by atoms with Gasteiger partial charge in [0, 0.05) is 22.2 Å². The molecule has 1 aromatic carbocycles. The molecule has 3 nitrogen and oxygen atoms in total. The molecule has 1 unspecified atom stereocenters. The van der Waals surface area contributed by atoms with Crippen molar-refractivity contribution in [3.05, 3.63) is 29.3 Å². The second kappa shape index (κ2) is 6.56. The lowest BCUT2D eigenvalue weighted by Crippen LogP contribution is -2.49. The third kappa shape index (κ3) is 3.97. The maximum Gasteiger partial charge on any atom is 0.410 e. The summed E-state index contributed by atoms with van der Waals surface area (Å²) in [6.45, 7) is 5.77. The number of hydrogen-bond acceptors (Lipinski definition) is 3. The summed E-state index contributed by atoms with van der Waals surface area (Å²) in [4.78, 5) is 15.6. The number of thioether (sulfide) groups is 1. The maximum atomic E-state index is 12.5. The molecule has 2 heterocycles. The molecular weight excluding hydrogens is 330 g/mol. The third-order valence-electron chi connectivity index (χ3n) is 4.42. The minimum Gasteiger partial charge on any atom is -0.444 e. The third-order valence-corrected chi connectivity index (χ3v) is 6.19. The van der Waals surface area contributed by atoms with Crippen LogP contribution in [0, 0.1) is 0 Å². The Kier molecular flexibility index (Phi) is 4.84. The van der Waals surface area contributed by atoms with Crippen LogP contribution in [0.3, 0.4) is 0 Å². The number of nitrogens with zero attached hydrogens (tertiary/aromatic N) is 1. The van der Waals surface area contributed by atoms with Crippen LogP contribution >= 0.6 is 23.4 Å². The van der Waals surface area contributed by atoms with E-state index in [4.69, 9.17) is 16.3 Å². The summed E-state index contributed by atoms with van der Waals surface area (Å²) in [6, 6.07) is 8.62. The van der Waals surface area contributed by atoms with Crippen LogP contribution in [0.5, 0.6) is 0 Å². The van der Waals surface area contributed by atoms with Crippen molar-refractivity contribution in [1.29, 1.82) is 0 Å². The topological polar surface area (TPSA) is 29.5 Å². The van der Waals surface area contributed by atoms with E-state index in [0.29, 0.717) is 17.3 Å². The van der Waals surface area contributed by atoms with E-state index >= 15 is 0 Å². The van der Waals surface area contributed by atoms with E-state index in [0.717, 1.165) is 35.6 Å². The first-order valence-corrected chi connectivity index (χ1v) is 9.52. The lowest BCUT2D eigenvalue weighted by Gasteiger charge is -2.39. The smallest absolute Gasteiger partial charge is 0.410 e. The van der Waals surface area contributed by atoms with E-state index < -0.39 is 5.60 Å². The number of rotatable bonds is 2. The van der Waals surface area contributed by atoms with Gasteiger partial charge in [-0.05, 0) is 58.6 Å². The van der Waals surface area contributed by atoms with Crippen molar-refractivity contribution >= 4 is 29.5 Å². The fourth-order valence-corrected chi connectivity index (χ4v) is 5.16. The van der Waals surface area contributed by atoms with Crippen LogP contribution in [-0.4, -0.2) is 33.9 Å². The van der Waals surface area contributed by atoms with Gasteiger partial charge in [0.25, 0.3) is 0 Å². The standard InChI is InChI=1S/C18H24ClNO2S/c1-18(2,3)22-17(21)20-12-8-9-13(20)11-14(10-12)23-16-7-5-4-6-15(16)19/h4-7,12-14H,8-11H2,1-3H3/t12-,13+,14?. The molecule has 2 saturated heterocycles. The Labute approximate surface area is 147 Å². The lowest BCUT2D eigenvalue weighted by molar-refractivity contribution is 0.00842. The van der Waals surface area contributed by atoms with Gasteiger partial charge >= 0.3 is 6.09 Å². The molecule has 3 rings (SSSR count). The number of amides is 1. The van der Waals surface area contributed by atoms with Gasteiger partial charge in [-0.1, -0.05) is 23.7 Å². The van der Waals surface area contributed by atoms with Gasteiger partial charge < -0.3 is 9.64 Å². The monoisotopic (exact) mass is 353 g/mol. The molecule has 0 saturated carbocycles. The van der Waals surface area contributed by atoms with E-state index in [-0.39, 0.29) is 6.09 Å². The second-order valence-electron chi connectivity index (χ2n) is 7.41. The fourth-order valence-electron chi connectivity index (χ4n) is 3.56. The summed E-state index contributed by atoms with van der Waals surface area (Å²) in [6.07, 6.45) is 4.07. The average molecular weight is 354 g/mol. The van der Waals surface area contributed by atoms with Crippen molar-refractivity contribution in [2.45, 2.75) is 74.3 Å². The SMILES string of the molecule is CC(C)(C)OC(=O)N1[C@@H]2CC[C@H]1CC(Sc1ccccc1Cl)C2. The van der Waals surface area contributed by atoms with Crippen LogP contribution in [0.25, 0.3) is 0 Å². The van der Waals surface area contributed by atoms with Crippen molar-refractivity contribution in [1.82, 2.24) is 4.90 Å². The van der Waals surface area contributed by atoms with Crippen molar-refractivity contribution in [2.24, 2.45) is 0 Å². The first-order chi connectivity index (χ1) is 10.8. The molecule has 0 aliphatic carbocycles. The molecule has 0 aromatic heterocycles. The number of carbonyl (C=O) groups excluding carboxylic acids is 1. The number of piperidine rings is 1. The Bertz CT molecular complexity index is 573. The molecule has 2 fully saturated rings. The van der Waals surface area contributed by atoms with Crippen LogP contribution in [0.2, 0.25) is 5.02 Å². The van der Waals surface area contributed by atoms with Gasteiger partial charge in [-0.2, -0.15) is 0 Å². The normalized spacial score (nSPS) is 27.1. The summed E-state index contributed by atoms with van der Waals surface area (Å²) < 4.78 is 5.59. The second-order valence-corrected chi connectivity index (χ2v) is 9.16. The van der Waals surface area contributed by atoms with Gasteiger partial charge in [0.2, 0.25) is 0 Å². The van der Waals surface area contributed by atoms with E-state index in [9.17, 15) is 4.79 Å². The highest BCUT2D eigenvalue weighted by molar-refractivity contribution is 8.00. The van der Waals surface area contributed by atoms with Gasteiger partial charge in [-0.15, -0.1) is 11.8 Å². The first kappa shape index (κ1) is 17.0. The molecule has 0 spiro atoms. The molecule has 2 aliphatic rings. The zero-order chi connectivity index (χ0) is 16.6. The van der Waals surface area contributed by atoms with Gasteiger partial charge in [0.05, 0.1) is 5.02 Å². The number of halogens is 1. The minimum atomic E-state index is -0.431. The zero-order valence-electron chi connectivity index (χ0n) is 13.9. The summed E-state index contributed by atoms with van der Waals surface area (Å²) in [5.74, 6) is 0. The van der Waals surface area contributed by atoms with Crippen LogP contribution in [0.4, 0.5) is 4.79 Å². The quantitative estimate of drug-likeness (QED) is 0.716. The highest BCUT2D eigenvalue weighted by Crippen LogP contribution is 2.44.